The molecule has 0 bridgehead atoms. The maximum Gasteiger partial charge on any atom is 0.303 e. The van der Waals surface area contributed by atoms with E-state index >= 15 is 0 Å². The van der Waals surface area contributed by atoms with Crippen LogP contribution in [-0.2, 0) is 4.79 Å². The third-order valence-electron chi connectivity index (χ3n) is 2.92. The van der Waals surface area contributed by atoms with E-state index in [2.05, 4.69) is 19.2 Å². The minimum atomic E-state index is -0.704. The van der Waals surface area contributed by atoms with Crippen molar-refractivity contribution in [2.24, 2.45) is 0 Å². The van der Waals surface area contributed by atoms with Gasteiger partial charge in [0.25, 0.3) is 0 Å². The van der Waals surface area contributed by atoms with Crippen LogP contribution in [0, 0.1) is 0 Å². The van der Waals surface area contributed by atoms with Crippen LogP contribution in [0.2, 0.25) is 0 Å². The van der Waals surface area contributed by atoms with E-state index in [9.17, 15) is 4.79 Å². The van der Waals surface area contributed by atoms with Crippen molar-refractivity contribution in [1.82, 2.24) is 5.32 Å². The Hall–Kier alpha value is -0.220. The second kappa shape index (κ2) is 5.75. The molecule has 4 heteroatoms. The Labute approximate surface area is 96.0 Å². The molecule has 88 valence electrons. The summed E-state index contributed by atoms with van der Waals surface area (Å²) in [5.74, 6) is 0.562. The number of carbonyl (C=O) groups is 1. The Kier molecular flexibility index (Phi) is 4.93. The highest BCUT2D eigenvalue weighted by Crippen LogP contribution is 2.37. The second-order valence-corrected chi connectivity index (χ2v) is 6.30. The number of aliphatic carboxylic acids is 1. The third kappa shape index (κ3) is 4.89. The van der Waals surface area contributed by atoms with Crippen molar-refractivity contribution in [3.8, 4) is 0 Å². The number of rotatable bonds is 6. The van der Waals surface area contributed by atoms with E-state index in [1.807, 2.05) is 11.8 Å². The topological polar surface area (TPSA) is 49.3 Å². The molecule has 3 nitrogen and oxygen atoms in total. The number of thioether (sulfide) groups is 1. The fourth-order valence-corrected chi connectivity index (χ4v) is 3.06. The van der Waals surface area contributed by atoms with Crippen LogP contribution in [0.4, 0.5) is 0 Å². The first kappa shape index (κ1) is 12.8. The normalized spacial score (nSPS) is 27.9. The monoisotopic (exact) mass is 231 g/mol. The molecule has 0 aromatic carbocycles. The summed E-state index contributed by atoms with van der Waals surface area (Å²) in [7, 11) is 0. The van der Waals surface area contributed by atoms with E-state index in [4.69, 9.17) is 5.11 Å². The van der Waals surface area contributed by atoms with Gasteiger partial charge in [0.2, 0.25) is 0 Å². The fraction of sp³-hybridized carbons (Fsp3) is 0.909. The minimum absolute atomic E-state index is 0.262. The molecule has 1 saturated heterocycles. The summed E-state index contributed by atoms with van der Waals surface area (Å²) < 4.78 is 0.373. The molecular weight excluding hydrogens is 210 g/mol. The molecule has 1 aliphatic rings. The van der Waals surface area contributed by atoms with Crippen molar-refractivity contribution in [1.29, 1.82) is 0 Å². The number of hydrogen-bond donors (Lipinski definition) is 2. The molecule has 0 saturated carbocycles. The molecule has 15 heavy (non-hydrogen) atoms. The van der Waals surface area contributed by atoms with Crippen molar-refractivity contribution < 1.29 is 9.90 Å². The van der Waals surface area contributed by atoms with Crippen LogP contribution in [0.15, 0.2) is 0 Å². The SMILES string of the molecule is CC(CCC(=O)O)NCC1(C)CCCS1. The highest BCUT2D eigenvalue weighted by Gasteiger charge is 2.29. The fourth-order valence-electron chi connectivity index (χ4n) is 1.81. The van der Waals surface area contributed by atoms with Crippen LogP contribution >= 0.6 is 11.8 Å². The van der Waals surface area contributed by atoms with Gasteiger partial charge in [0, 0.05) is 23.8 Å². The molecule has 2 atom stereocenters. The molecule has 0 spiro atoms. The molecule has 2 N–H and O–H groups in total. The van der Waals surface area contributed by atoms with Gasteiger partial charge in [-0.2, -0.15) is 11.8 Å². The van der Waals surface area contributed by atoms with E-state index in [1.54, 1.807) is 0 Å². The Balaban J connectivity index is 2.15. The van der Waals surface area contributed by atoms with Gasteiger partial charge in [0.1, 0.15) is 0 Å². The average Bonchev–Trinajstić information content (AvgIpc) is 2.60. The molecule has 1 aliphatic heterocycles. The average molecular weight is 231 g/mol. The van der Waals surface area contributed by atoms with Crippen molar-refractivity contribution >= 4 is 17.7 Å². The lowest BCUT2D eigenvalue weighted by atomic mass is 10.0. The summed E-state index contributed by atoms with van der Waals surface area (Å²) in [6.07, 6.45) is 3.57. The maximum absolute atomic E-state index is 10.4. The van der Waals surface area contributed by atoms with Crippen LogP contribution in [0.3, 0.4) is 0 Å². The third-order valence-corrected chi connectivity index (χ3v) is 4.45. The summed E-state index contributed by atoms with van der Waals surface area (Å²) in [5, 5.41) is 12.0. The summed E-state index contributed by atoms with van der Waals surface area (Å²) in [6.45, 7) is 5.35. The smallest absolute Gasteiger partial charge is 0.303 e. The second-order valence-electron chi connectivity index (χ2n) is 4.62. The lowest BCUT2D eigenvalue weighted by Crippen LogP contribution is -2.38. The summed E-state index contributed by atoms with van der Waals surface area (Å²) in [4.78, 5) is 10.4. The zero-order valence-corrected chi connectivity index (χ0v) is 10.4. The Morgan fingerprint density at radius 1 is 1.67 bits per heavy atom. The van der Waals surface area contributed by atoms with Gasteiger partial charge in [-0.25, -0.2) is 0 Å². The standard InChI is InChI=1S/C11H21NO2S/c1-9(4-5-10(13)14)12-8-11(2)6-3-7-15-11/h9,12H,3-8H2,1-2H3,(H,13,14). The molecular formula is C11H21NO2S. The predicted octanol–water partition coefficient (Wildman–Crippen LogP) is 2.11. The number of carboxylic acids is 1. The minimum Gasteiger partial charge on any atom is -0.481 e. The number of nitrogens with one attached hydrogen (secondary N) is 1. The first-order valence-corrected chi connectivity index (χ1v) is 6.59. The molecule has 0 aromatic heterocycles. The quantitative estimate of drug-likeness (QED) is 0.735. The van der Waals surface area contributed by atoms with Crippen LogP contribution in [0.25, 0.3) is 0 Å². The van der Waals surface area contributed by atoms with Crippen molar-refractivity contribution in [3.05, 3.63) is 0 Å². The van der Waals surface area contributed by atoms with Crippen LogP contribution in [-0.4, -0.2) is 34.2 Å². The van der Waals surface area contributed by atoms with E-state index in [-0.39, 0.29) is 6.42 Å². The number of hydrogen-bond acceptors (Lipinski definition) is 3. The van der Waals surface area contributed by atoms with Gasteiger partial charge in [-0.05, 0) is 38.9 Å². The van der Waals surface area contributed by atoms with Gasteiger partial charge in [-0.1, -0.05) is 0 Å². The van der Waals surface area contributed by atoms with Crippen molar-refractivity contribution in [3.63, 3.8) is 0 Å². The van der Waals surface area contributed by atoms with Gasteiger partial charge in [-0.3, -0.25) is 4.79 Å². The largest absolute Gasteiger partial charge is 0.481 e. The van der Waals surface area contributed by atoms with Crippen LogP contribution in [0.1, 0.15) is 39.5 Å². The molecule has 0 aliphatic carbocycles. The molecule has 0 aromatic rings. The van der Waals surface area contributed by atoms with Gasteiger partial charge >= 0.3 is 5.97 Å². The molecule has 0 radical (unpaired) electrons. The van der Waals surface area contributed by atoms with E-state index in [0.717, 1.165) is 13.0 Å². The Bertz CT molecular complexity index is 215. The number of carboxylic acid groups (broad SMARTS) is 1. The maximum atomic E-state index is 10.4. The first-order valence-electron chi connectivity index (χ1n) is 5.61. The van der Waals surface area contributed by atoms with Gasteiger partial charge < -0.3 is 10.4 Å². The van der Waals surface area contributed by atoms with E-state index < -0.39 is 5.97 Å². The summed E-state index contributed by atoms with van der Waals surface area (Å²) in [5.41, 5.74) is 0. The molecule has 1 heterocycles. The zero-order valence-electron chi connectivity index (χ0n) is 9.58. The summed E-state index contributed by atoms with van der Waals surface area (Å²) >= 11 is 2.03. The van der Waals surface area contributed by atoms with Gasteiger partial charge in [0.15, 0.2) is 0 Å². The summed E-state index contributed by atoms with van der Waals surface area (Å²) in [6, 6.07) is 0.305. The molecule has 1 rings (SSSR count). The van der Waals surface area contributed by atoms with Crippen molar-refractivity contribution in [2.45, 2.75) is 50.3 Å². The van der Waals surface area contributed by atoms with Gasteiger partial charge in [0.05, 0.1) is 0 Å². The lowest BCUT2D eigenvalue weighted by Gasteiger charge is -2.25. The van der Waals surface area contributed by atoms with Crippen LogP contribution in [0.5, 0.6) is 0 Å². The predicted molar refractivity (Wildman–Crippen MR) is 64.4 cm³/mol. The van der Waals surface area contributed by atoms with Crippen LogP contribution < -0.4 is 5.32 Å². The highest BCUT2D eigenvalue weighted by molar-refractivity contribution is 8.00. The first-order chi connectivity index (χ1) is 7.02. The van der Waals surface area contributed by atoms with E-state index in [1.165, 1.54) is 18.6 Å². The van der Waals surface area contributed by atoms with Gasteiger partial charge in [-0.15, -0.1) is 0 Å². The lowest BCUT2D eigenvalue weighted by molar-refractivity contribution is -0.137. The molecule has 1 fully saturated rings. The molecule has 0 amide bonds. The Morgan fingerprint density at radius 2 is 2.40 bits per heavy atom. The van der Waals surface area contributed by atoms with Crippen molar-refractivity contribution in [2.75, 3.05) is 12.3 Å². The highest BCUT2D eigenvalue weighted by atomic mass is 32.2. The molecule has 2 unspecified atom stereocenters. The zero-order chi connectivity index (χ0) is 11.3. The Morgan fingerprint density at radius 3 is 2.93 bits per heavy atom. The van der Waals surface area contributed by atoms with E-state index in [0.29, 0.717) is 10.8 Å².